The van der Waals surface area contributed by atoms with Crippen LogP contribution in [0.2, 0.25) is 0 Å². The molecule has 0 saturated carbocycles. The normalized spacial score (nSPS) is 28.0. The van der Waals surface area contributed by atoms with Crippen molar-refractivity contribution < 1.29 is 19.1 Å². The number of Topliss-reactive ketones (excluding diaryl/α,β-unsaturated/α-hetero) is 2. The van der Waals surface area contributed by atoms with Crippen molar-refractivity contribution in [2.24, 2.45) is 5.92 Å². The monoisotopic (exact) mass is 437 g/mol. The number of allylic oxidation sites excluding steroid dienone is 1. The fourth-order valence-electron chi connectivity index (χ4n) is 4.09. The molecule has 0 aromatic carbocycles. The lowest BCUT2D eigenvalue weighted by Gasteiger charge is -2.35. The lowest BCUT2D eigenvalue weighted by molar-refractivity contribution is -0.129. The lowest BCUT2D eigenvalue weighted by Crippen LogP contribution is -2.59. The zero-order valence-electron chi connectivity index (χ0n) is 20.5. The second-order valence-electron chi connectivity index (χ2n) is 9.72. The van der Waals surface area contributed by atoms with Gasteiger partial charge >= 0.3 is 6.09 Å². The quantitative estimate of drug-likeness (QED) is 0.655. The predicted molar refractivity (Wildman–Crippen MR) is 124 cm³/mol. The third-order valence-corrected chi connectivity index (χ3v) is 5.93. The van der Waals surface area contributed by atoms with Crippen LogP contribution in [-0.4, -0.2) is 66.4 Å². The maximum absolute atomic E-state index is 13.3. The van der Waals surface area contributed by atoms with Crippen LogP contribution in [0.1, 0.15) is 73.6 Å². The van der Waals surface area contributed by atoms with Gasteiger partial charge in [0.1, 0.15) is 6.61 Å². The summed E-state index contributed by atoms with van der Waals surface area (Å²) in [6, 6.07) is 0.125. The van der Waals surface area contributed by atoms with Crippen LogP contribution in [0, 0.1) is 5.92 Å². The second-order valence-corrected chi connectivity index (χ2v) is 9.72. The fraction of sp³-hybridized carbons (Fsp3) is 0.792. The molecule has 0 bridgehead atoms. The van der Waals surface area contributed by atoms with E-state index in [4.69, 9.17) is 4.74 Å². The van der Waals surface area contributed by atoms with Crippen molar-refractivity contribution in [3.8, 4) is 0 Å². The Labute approximate surface area is 188 Å². The van der Waals surface area contributed by atoms with E-state index in [-0.39, 0.29) is 42.8 Å². The molecule has 1 rings (SSSR count). The number of rotatable bonds is 4. The molecule has 1 amide bonds. The highest BCUT2D eigenvalue weighted by Gasteiger charge is 2.38. The Balaban J connectivity index is 3.09. The Morgan fingerprint density at radius 1 is 1.13 bits per heavy atom. The third kappa shape index (κ3) is 8.73. The number of ether oxygens (including phenoxy) is 1. The highest BCUT2D eigenvalue weighted by molar-refractivity contribution is 5.93. The van der Waals surface area contributed by atoms with Gasteiger partial charge in [0, 0.05) is 25.6 Å². The highest BCUT2D eigenvalue weighted by atomic mass is 16.6. The maximum Gasteiger partial charge on any atom is 0.409 e. The number of amides is 1. The molecule has 2 N–H and O–H groups in total. The van der Waals surface area contributed by atoms with E-state index in [0.717, 1.165) is 12.8 Å². The molecular formula is C24H43N3O4. The van der Waals surface area contributed by atoms with Gasteiger partial charge in [0.25, 0.3) is 0 Å². The largest absolute Gasteiger partial charge is 0.445 e. The number of hydrogen-bond donors (Lipinski definition) is 2. The molecule has 1 heterocycles. The summed E-state index contributed by atoms with van der Waals surface area (Å²) in [4.78, 5) is 39.9. The molecule has 1 aliphatic heterocycles. The predicted octanol–water partition coefficient (Wildman–Crippen LogP) is 3.47. The summed E-state index contributed by atoms with van der Waals surface area (Å²) in [6.45, 7) is 12.5. The van der Waals surface area contributed by atoms with E-state index in [2.05, 4.69) is 10.6 Å². The van der Waals surface area contributed by atoms with Gasteiger partial charge in [-0.25, -0.2) is 4.79 Å². The van der Waals surface area contributed by atoms with Crippen molar-refractivity contribution in [2.45, 2.75) is 90.8 Å². The summed E-state index contributed by atoms with van der Waals surface area (Å²) in [5.74, 6) is 0.0297. The molecule has 178 valence electrons. The Kier molecular flexibility index (Phi) is 10.9. The number of nitrogens with one attached hydrogen (secondary N) is 2. The number of cyclic esters (lactones) is 1. The van der Waals surface area contributed by atoms with Gasteiger partial charge in [-0.2, -0.15) is 0 Å². The molecule has 7 nitrogen and oxygen atoms in total. The molecule has 0 aromatic rings. The SMILES string of the molecule is CC(C)N[C@@]1(C)CCCN(C)C(=O)OCC=CCCC[C@@](C)(C(=O)C(C)C)NCC1=O. The molecule has 0 spiro atoms. The minimum Gasteiger partial charge on any atom is -0.445 e. The van der Waals surface area contributed by atoms with Gasteiger partial charge in [-0.05, 0) is 59.8 Å². The van der Waals surface area contributed by atoms with Gasteiger partial charge in [-0.1, -0.05) is 26.0 Å². The van der Waals surface area contributed by atoms with Gasteiger partial charge in [0.15, 0.2) is 11.6 Å². The van der Waals surface area contributed by atoms with Gasteiger partial charge < -0.3 is 15.0 Å². The van der Waals surface area contributed by atoms with E-state index in [1.807, 2.05) is 53.7 Å². The zero-order chi connectivity index (χ0) is 23.7. The minimum atomic E-state index is -0.753. The number of carbonyl (C=O) groups is 3. The average molecular weight is 438 g/mol. The highest BCUT2D eigenvalue weighted by Crippen LogP contribution is 2.22. The fourth-order valence-corrected chi connectivity index (χ4v) is 4.09. The van der Waals surface area contributed by atoms with Crippen molar-refractivity contribution >= 4 is 17.7 Å². The Hall–Kier alpha value is -1.73. The van der Waals surface area contributed by atoms with Crippen LogP contribution in [0.4, 0.5) is 4.79 Å². The van der Waals surface area contributed by atoms with Crippen molar-refractivity contribution in [1.82, 2.24) is 15.5 Å². The molecule has 0 aliphatic carbocycles. The van der Waals surface area contributed by atoms with Crippen LogP contribution < -0.4 is 10.6 Å². The molecular weight excluding hydrogens is 394 g/mol. The Bertz CT molecular complexity index is 647. The van der Waals surface area contributed by atoms with Crippen molar-refractivity contribution in [1.29, 1.82) is 0 Å². The molecule has 2 atom stereocenters. The van der Waals surface area contributed by atoms with Crippen LogP contribution in [0.3, 0.4) is 0 Å². The van der Waals surface area contributed by atoms with Crippen LogP contribution in [0.5, 0.6) is 0 Å². The standard InChI is InChI=1S/C24H43N3O4/c1-18(2)21(29)24(6)13-10-8-9-11-16-31-22(30)27(7)15-12-14-23(5,26-19(3)4)20(28)17-25-24/h9,11,18-19,25-26H,8,10,12-17H2,1-7H3/t23-,24-/m0/s1. The first-order chi connectivity index (χ1) is 14.4. The number of carbonyl (C=O) groups excluding carboxylic acids is 3. The Morgan fingerprint density at radius 2 is 1.81 bits per heavy atom. The molecule has 0 unspecified atom stereocenters. The maximum atomic E-state index is 13.3. The number of hydrogen-bond acceptors (Lipinski definition) is 6. The summed E-state index contributed by atoms with van der Waals surface area (Å²) in [7, 11) is 1.71. The number of ketones is 2. The van der Waals surface area contributed by atoms with Gasteiger partial charge in [-0.3, -0.25) is 14.9 Å². The topological polar surface area (TPSA) is 87.7 Å². The van der Waals surface area contributed by atoms with Crippen molar-refractivity contribution in [2.75, 3.05) is 26.7 Å². The summed E-state index contributed by atoms with van der Waals surface area (Å²) in [5.41, 5.74) is -1.50. The third-order valence-electron chi connectivity index (χ3n) is 5.93. The van der Waals surface area contributed by atoms with Crippen LogP contribution in [0.25, 0.3) is 0 Å². The van der Waals surface area contributed by atoms with Gasteiger partial charge in [0.05, 0.1) is 17.6 Å². The van der Waals surface area contributed by atoms with Gasteiger partial charge in [-0.15, -0.1) is 0 Å². The van der Waals surface area contributed by atoms with E-state index in [0.29, 0.717) is 25.8 Å². The van der Waals surface area contributed by atoms with E-state index in [1.165, 1.54) is 0 Å². The number of nitrogens with zero attached hydrogens (tertiary/aromatic N) is 1. The smallest absolute Gasteiger partial charge is 0.409 e. The van der Waals surface area contributed by atoms with Crippen LogP contribution in [0.15, 0.2) is 12.2 Å². The van der Waals surface area contributed by atoms with Gasteiger partial charge in [0.2, 0.25) is 0 Å². The Morgan fingerprint density at radius 3 is 2.42 bits per heavy atom. The van der Waals surface area contributed by atoms with E-state index in [1.54, 1.807) is 11.9 Å². The van der Waals surface area contributed by atoms with E-state index < -0.39 is 11.1 Å². The molecule has 7 heteroatoms. The van der Waals surface area contributed by atoms with Crippen molar-refractivity contribution in [3.05, 3.63) is 12.2 Å². The van der Waals surface area contributed by atoms with E-state index >= 15 is 0 Å². The minimum absolute atomic E-state index is 0.0263. The molecule has 0 radical (unpaired) electrons. The molecule has 0 fully saturated rings. The lowest BCUT2D eigenvalue weighted by atomic mass is 9.83. The molecule has 0 aromatic heterocycles. The zero-order valence-corrected chi connectivity index (χ0v) is 20.5. The summed E-state index contributed by atoms with van der Waals surface area (Å²) < 4.78 is 5.28. The molecule has 0 saturated heterocycles. The first-order valence-corrected chi connectivity index (χ1v) is 11.5. The van der Waals surface area contributed by atoms with Crippen molar-refractivity contribution in [3.63, 3.8) is 0 Å². The van der Waals surface area contributed by atoms with Crippen LogP contribution in [-0.2, 0) is 14.3 Å². The first kappa shape index (κ1) is 27.3. The summed E-state index contributed by atoms with van der Waals surface area (Å²) in [6.07, 6.45) is 6.89. The average Bonchev–Trinajstić information content (AvgIpc) is 2.69. The molecule has 1 aliphatic rings. The summed E-state index contributed by atoms with van der Waals surface area (Å²) >= 11 is 0. The second kappa shape index (κ2) is 12.3. The molecule has 31 heavy (non-hydrogen) atoms. The first-order valence-electron chi connectivity index (χ1n) is 11.5. The van der Waals surface area contributed by atoms with E-state index in [9.17, 15) is 14.4 Å². The summed E-state index contributed by atoms with van der Waals surface area (Å²) in [5, 5.41) is 6.72. The van der Waals surface area contributed by atoms with Crippen LogP contribution >= 0.6 is 0 Å².